The summed E-state index contributed by atoms with van der Waals surface area (Å²) in [5, 5.41) is 2.66. The van der Waals surface area contributed by atoms with Gasteiger partial charge in [0.25, 0.3) is 0 Å². The van der Waals surface area contributed by atoms with Crippen LogP contribution in [0.2, 0.25) is 0 Å². The van der Waals surface area contributed by atoms with E-state index in [1.807, 2.05) is 67.8 Å². The van der Waals surface area contributed by atoms with Crippen molar-refractivity contribution in [2.45, 2.75) is 6.61 Å². The highest BCUT2D eigenvalue weighted by molar-refractivity contribution is 9.10. The number of halogens is 1. The zero-order valence-corrected chi connectivity index (χ0v) is 14.7. The van der Waals surface area contributed by atoms with Gasteiger partial charge in [-0.3, -0.25) is 5.32 Å². The molecule has 0 fully saturated rings. The van der Waals surface area contributed by atoms with E-state index in [0.717, 1.165) is 21.3 Å². The third kappa shape index (κ3) is 4.02. The second kappa shape index (κ2) is 7.31. The summed E-state index contributed by atoms with van der Waals surface area (Å²) in [6.07, 6.45) is 1.32. The number of aryl methyl sites for hydroxylation is 1. The maximum absolute atomic E-state index is 11.9. The fourth-order valence-corrected chi connectivity index (χ4v) is 2.46. The van der Waals surface area contributed by atoms with E-state index in [2.05, 4.69) is 26.2 Å². The molecule has 3 rings (SSSR count). The maximum atomic E-state index is 11.9. The van der Waals surface area contributed by atoms with Gasteiger partial charge >= 0.3 is 6.09 Å². The van der Waals surface area contributed by atoms with E-state index in [0.29, 0.717) is 5.95 Å². The fourth-order valence-electron chi connectivity index (χ4n) is 2.19. The summed E-state index contributed by atoms with van der Waals surface area (Å²) >= 11 is 3.41. The van der Waals surface area contributed by atoms with E-state index in [1.165, 1.54) is 0 Å². The van der Waals surface area contributed by atoms with E-state index in [1.54, 1.807) is 4.57 Å². The van der Waals surface area contributed by atoms with Crippen molar-refractivity contribution in [1.82, 2.24) is 9.55 Å². The normalized spacial score (nSPS) is 10.4. The lowest BCUT2D eigenvalue weighted by Crippen LogP contribution is -2.16. The smallest absolute Gasteiger partial charge is 0.414 e. The molecule has 0 atom stereocenters. The Labute approximate surface area is 148 Å². The molecule has 0 saturated heterocycles. The molecule has 0 aliphatic heterocycles. The number of hydrogen-bond donors (Lipinski definition) is 1. The van der Waals surface area contributed by atoms with E-state index in [9.17, 15) is 4.79 Å². The first-order valence-corrected chi connectivity index (χ1v) is 8.18. The van der Waals surface area contributed by atoms with Crippen LogP contribution in [0.3, 0.4) is 0 Å². The minimum absolute atomic E-state index is 0.219. The van der Waals surface area contributed by atoms with Crippen LogP contribution in [0.1, 0.15) is 5.56 Å². The summed E-state index contributed by atoms with van der Waals surface area (Å²) < 4.78 is 7.96. The van der Waals surface area contributed by atoms with Gasteiger partial charge in [-0.1, -0.05) is 58.4 Å². The van der Waals surface area contributed by atoms with Crippen molar-refractivity contribution in [2.24, 2.45) is 7.05 Å². The minimum atomic E-state index is -0.532. The summed E-state index contributed by atoms with van der Waals surface area (Å²) in [5.74, 6) is 0.436. The molecule has 1 amide bonds. The second-order valence-corrected chi connectivity index (χ2v) is 6.17. The molecule has 0 aliphatic carbocycles. The summed E-state index contributed by atoms with van der Waals surface area (Å²) in [7, 11) is 1.82. The van der Waals surface area contributed by atoms with Gasteiger partial charge < -0.3 is 9.30 Å². The fraction of sp³-hybridized carbons (Fsp3) is 0.111. The number of carbonyl (C=O) groups is 1. The molecule has 1 aromatic heterocycles. The molecular weight excluding hydrogens is 370 g/mol. The molecule has 0 radical (unpaired) electrons. The first kappa shape index (κ1) is 16.3. The van der Waals surface area contributed by atoms with E-state index < -0.39 is 6.09 Å². The van der Waals surface area contributed by atoms with Crippen molar-refractivity contribution in [3.63, 3.8) is 0 Å². The molecule has 122 valence electrons. The lowest BCUT2D eigenvalue weighted by molar-refractivity contribution is 0.155. The van der Waals surface area contributed by atoms with Crippen LogP contribution in [0.25, 0.3) is 11.3 Å². The summed E-state index contributed by atoms with van der Waals surface area (Å²) in [5.41, 5.74) is 2.69. The SMILES string of the molecule is Cn1cc(-c2ccc(Br)cc2)nc1NC(=O)OCc1ccccc1. The van der Waals surface area contributed by atoms with Gasteiger partial charge in [0.1, 0.15) is 6.61 Å². The molecule has 2 aromatic carbocycles. The van der Waals surface area contributed by atoms with Crippen LogP contribution in [0, 0.1) is 0 Å². The molecule has 0 bridgehead atoms. The van der Waals surface area contributed by atoms with Crippen molar-refractivity contribution in [3.05, 3.63) is 70.8 Å². The highest BCUT2D eigenvalue weighted by Gasteiger charge is 2.11. The number of ether oxygens (including phenoxy) is 1. The Hall–Kier alpha value is -2.60. The zero-order valence-electron chi connectivity index (χ0n) is 13.1. The molecular formula is C18H16BrN3O2. The third-order valence-corrected chi connectivity index (χ3v) is 3.97. The Balaban J connectivity index is 1.65. The van der Waals surface area contributed by atoms with Crippen LogP contribution in [0.4, 0.5) is 10.7 Å². The van der Waals surface area contributed by atoms with Gasteiger partial charge in [0.15, 0.2) is 0 Å². The van der Waals surface area contributed by atoms with Crippen LogP contribution in [-0.2, 0) is 18.4 Å². The Bertz CT molecular complexity index is 829. The summed E-state index contributed by atoms with van der Waals surface area (Å²) in [6.45, 7) is 0.219. The number of anilines is 1. The molecule has 1 N–H and O–H groups in total. The van der Waals surface area contributed by atoms with Gasteiger partial charge in [0.05, 0.1) is 5.69 Å². The van der Waals surface area contributed by atoms with Crippen LogP contribution < -0.4 is 5.32 Å². The molecule has 24 heavy (non-hydrogen) atoms. The monoisotopic (exact) mass is 385 g/mol. The number of nitrogens with one attached hydrogen (secondary N) is 1. The topological polar surface area (TPSA) is 56.2 Å². The quantitative estimate of drug-likeness (QED) is 0.713. The zero-order chi connectivity index (χ0) is 16.9. The van der Waals surface area contributed by atoms with Crippen molar-refractivity contribution in [1.29, 1.82) is 0 Å². The molecule has 0 spiro atoms. The number of hydrogen-bond acceptors (Lipinski definition) is 3. The van der Waals surface area contributed by atoms with E-state index >= 15 is 0 Å². The first-order chi connectivity index (χ1) is 11.6. The van der Waals surface area contributed by atoms with Gasteiger partial charge in [0.2, 0.25) is 5.95 Å². The molecule has 0 saturated carbocycles. The third-order valence-electron chi connectivity index (χ3n) is 3.44. The number of amides is 1. The van der Waals surface area contributed by atoms with Crippen LogP contribution in [0.5, 0.6) is 0 Å². The number of carbonyl (C=O) groups excluding carboxylic acids is 1. The Morgan fingerprint density at radius 3 is 2.58 bits per heavy atom. The van der Waals surface area contributed by atoms with Crippen molar-refractivity contribution < 1.29 is 9.53 Å². The predicted octanol–water partition coefficient (Wildman–Crippen LogP) is 4.60. The number of nitrogens with zero attached hydrogens (tertiary/aromatic N) is 2. The first-order valence-electron chi connectivity index (χ1n) is 7.39. The van der Waals surface area contributed by atoms with Crippen LogP contribution in [-0.4, -0.2) is 15.6 Å². The number of aromatic nitrogens is 2. The molecule has 1 heterocycles. The lowest BCUT2D eigenvalue weighted by Gasteiger charge is -2.06. The Morgan fingerprint density at radius 1 is 1.17 bits per heavy atom. The Morgan fingerprint density at radius 2 is 1.88 bits per heavy atom. The number of imidazole rings is 1. The molecule has 6 heteroatoms. The minimum Gasteiger partial charge on any atom is -0.444 e. The number of rotatable bonds is 4. The molecule has 5 nitrogen and oxygen atoms in total. The van der Waals surface area contributed by atoms with E-state index in [4.69, 9.17) is 4.74 Å². The summed E-state index contributed by atoms with van der Waals surface area (Å²) in [6, 6.07) is 17.4. The second-order valence-electron chi connectivity index (χ2n) is 5.25. The average molecular weight is 386 g/mol. The van der Waals surface area contributed by atoms with Crippen LogP contribution >= 0.6 is 15.9 Å². The molecule has 0 aliphatic rings. The lowest BCUT2D eigenvalue weighted by atomic mass is 10.2. The van der Waals surface area contributed by atoms with Crippen molar-refractivity contribution in [2.75, 3.05) is 5.32 Å². The largest absolute Gasteiger partial charge is 0.444 e. The number of benzene rings is 2. The maximum Gasteiger partial charge on any atom is 0.414 e. The van der Waals surface area contributed by atoms with Gasteiger partial charge in [-0.25, -0.2) is 9.78 Å². The van der Waals surface area contributed by atoms with Crippen LogP contribution in [0.15, 0.2) is 65.3 Å². The van der Waals surface area contributed by atoms with Gasteiger partial charge in [-0.15, -0.1) is 0 Å². The van der Waals surface area contributed by atoms with Gasteiger partial charge in [-0.2, -0.15) is 0 Å². The molecule has 3 aromatic rings. The van der Waals surface area contributed by atoms with Crippen molar-refractivity contribution in [3.8, 4) is 11.3 Å². The Kier molecular flexibility index (Phi) is 4.96. The van der Waals surface area contributed by atoms with Gasteiger partial charge in [0, 0.05) is 23.3 Å². The summed E-state index contributed by atoms with van der Waals surface area (Å²) in [4.78, 5) is 16.4. The standard InChI is InChI=1S/C18H16BrN3O2/c1-22-11-16(14-7-9-15(19)10-8-14)20-17(22)21-18(23)24-12-13-5-3-2-4-6-13/h2-11H,12H2,1H3,(H,20,21,23). The average Bonchev–Trinajstić information content (AvgIpc) is 2.95. The van der Waals surface area contributed by atoms with E-state index in [-0.39, 0.29) is 6.61 Å². The highest BCUT2D eigenvalue weighted by atomic mass is 79.9. The van der Waals surface area contributed by atoms with Gasteiger partial charge in [-0.05, 0) is 17.7 Å². The predicted molar refractivity (Wildman–Crippen MR) is 96.6 cm³/mol. The molecule has 0 unspecified atom stereocenters. The van der Waals surface area contributed by atoms with Crippen molar-refractivity contribution >= 4 is 28.0 Å². The highest BCUT2D eigenvalue weighted by Crippen LogP contribution is 2.22.